The second-order valence-corrected chi connectivity index (χ2v) is 4.64. The van der Waals surface area contributed by atoms with Crippen LogP contribution >= 0.6 is 11.3 Å². The number of fused-ring (bicyclic) bond motifs is 2. The molecule has 1 aliphatic rings. The van der Waals surface area contributed by atoms with Crippen LogP contribution in [-0.4, -0.2) is 6.54 Å². The maximum absolute atomic E-state index is 3.50. The highest BCUT2D eigenvalue weighted by molar-refractivity contribution is 7.08. The normalized spacial score (nSPS) is 13.7. The molecule has 0 spiro atoms. The maximum atomic E-state index is 3.50. The molecule has 1 aromatic carbocycles. The first-order valence-corrected chi connectivity index (χ1v) is 6.50. The first-order chi connectivity index (χ1) is 7.90. The molecule has 82 valence electrons. The smallest absolute Gasteiger partial charge is 0.0646 e. The fourth-order valence-electron chi connectivity index (χ4n) is 2.21. The van der Waals surface area contributed by atoms with Crippen molar-refractivity contribution < 1.29 is 0 Å². The predicted molar refractivity (Wildman–Crippen MR) is 70.8 cm³/mol. The van der Waals surface area contributed by atoms with E-state index in [1.165, 1.54) is 22.6 Å². The lowest BCUT2D eigenvalue weighted by atomic mass is 10.2. The van der Waals surface area contributed by atoms with E-state index in [-0.39, 0.29) is 0 Å². The van der Waals surface area contributed by atoms with Crippen LogP contribution in [-0.2, 0) is 6.54 Å². The number of hydrogen-bond acceptors (Lipinski definition) is 3. The van der Waals surface area contributed by atoms with Crippen LogP contribution in [0.25, 0.3) is 0 Å². The van der Waals surface area contributed by atoms with Crippen molar-refractivity contribution >= 4 is 28.4 Å². The van der Waals surface area contributed by atoms with Gasteiger partial charge in [0, 0.05) is 24.0 Å². The van der Waals surface area contributed by atoms with E-state index in [1.807, 2.05) is 0 Å². The van der Waals surface area contributed by atoms with Gasteiger partial charge in [-0.05, 0) is 24.4 Å². The van der Waals surface area contributed by atoms with Crippen molar-refractivity contribution in [3.63, 3.8) is 0 Å². The molecule has 0 unspecified atom stereocenters. The van der Waals surface area contributed by atoms with Crippen molar-refractivity contribution in [1.29, 1.82) is 0 Å². The summed E-state index contributed by atoms with van der Waals surface area (Å²) in [5, 5.41) is 7.97. The molecule has 0 amide bonds. The quantitative estimate of drug-likeness (QED) is 0.801. The molecule has 2 nitrogen and oxygen atoms in total. The van der Waals surface area contributed by atoms with E-state index < -0.39 is 0 Å². The summed E-state index contributed by atoms with van der Waals surface area (Å²) < 4.78 is 0. The van der Waals surface area contributed by atoms with Gasteiger partial charge in [0.05, 0.1) is 17.1 Å². The molecule has 0 saturated heterocycles. The second-order valence-electron chi connectivity index (χ2n) is 3.90. The van der Waals surface area contributed by atoms with Crippen molar-refractivity contribution in [2.24, 2.45) is 0 Å². The molecular formula is C13H14N2S. The summed E-state index contributed by atoms with van der Waals surface area (Å²) in [5.41, 5.74) is 5.25. The molecule has 3 rings (SSSR count). The number of para-hydroxylation sites is 2. The Labute approximate surface area is 99.5 Å². The third-order valence-corrected chi connectivity index (χ3v) is 3.77. The van der Waals surface area contributed by atoms with Gasteiger partial charge in [-0.25, -0.2) is 0 Å². The average Bonchev–Trinajstić information content (AvgIpc) is 2.72. The first kappa shape index (κ1) is 9.73. The number of nitrogens with one attached hydrogen (secondary N) is 1. The van der Waals surface area contributed by atoms with E-state index in [1.54, 1.807) is 11.3 Å². The van der Waals surface area contributed by atoms with Crippen LogP contribution in [0.1, 0.15) is 12.5 Å². The number of benzene rings is 1. The van der Waals surface area contributed by atoms with Crippen LogP contribution < -0.4 is 10.2 Å². The number of nitrogens with zero attached hydrogens (tertiary/aromatic N) is 1. The number of anilines is 3. The minimum atomic E-state index is 0.923. The van der Waals surface area contributed by atoms with Crippen LogP contribution in [0.5, 0.6) is 0 Å². The zero-order chi connectivity index (χ0) is 11.0. The van der Waals surface area contributed by atoms with Crippen LogP contribution in [0.3, 0.4) is 0 Å². The van der Waals surface area contributed by atoms with Gasteiger partial charge in [-0.3, -0.25) is 0 Å². The summed E-state index contributed by atoms with van der Waals surface area (Å²) in [7, 11) is 0. The lowest BCUT2D eigenvalue weighted by Gasteiger charge is -2.22. The van der Waals surface area contributed by atoms with Gasteiger partial charge in [0.2, 0.25) is 0 Å². The number of rotatable bonds is 1. The minimum absolute atomic E-state index is 0.923. The van der Waals surface area contributed by atoms with E-state index in [4.69, 9.17) is 0 Å². The number of thiophene rings is 1. The van der Waals surface area contributed by atoms with Crippen molar-refractivity contribution in [2.75, 3.05) is 16.8 Å². The van der Waals surface area contributed by atoms with Crippen molar-refractivity contribution in [3.05, 3.63) is 40.6 Å². The van der Waals surface area contributed by atoms with E-state index in [2.05, 4.69) is 52.2 Å². The van der Waals surface area contributed by atoms with Gasteiger partial charge in [-0.2, -0.15) is 0 Å². The van der Waals surface area contributed by atoms with E-state index in [0.29, 0.717) is 0 Å². The van der Waals surface area contributed by atoms with Crippen LogP contribution in [0.4, 0.5) is 17.1 Å². The van der Waals surface area contributed by atoms with Gasteiger partial charge in [0.15, 0.2) is 0 Å². The molecule has 0 bridgehead atoms. The van der Waals surface area contributed by atoms with Gasteiger partial charge < -0.3 is 10.2 Å². The third kappa shape index (κ3) is 1.39. The Balaban J connectivity index is 2.17. The zero-order valence-corrected chi connectivity index (χ0v) is 10.1. The largest absolute Gasteiger partial charge is 0.379 e. The van der Waals surface area contributed by atoms with E-state index >= 15 is 0 Å². The van der Waals surface area contributed by atoms with Crippen molar-refractivity contribution in [2.45, 2.75) is 13.5 Å². The Morgan fingerprint density at radius 1 is 1.25 bits per heavy atom. The molecule has 3 heteroatoms. The molecule has 0 aliphatic carbocycles. The Morgan fingerprint density at radius 3 is 3.00 bits per heavy atom. The summed E-state index contributed by atoms with van der Waals surface area (Å²) in [5.74, 6) is 0. The molecule has 1 aliphatic heterocycles. The highest BCUT2D eigenvalue weighted by Crippen LogP contribution is 2.38. The lowest BCUT2D eigenvalue weighted by Crippen LogP contribution is -2.15. The molecule has 2 heterocycles. The molecule has 0 fully saturated rings. The topological polar surface area (TPSA) is 15.3 Å². The second kappa shape index (κ2) is 3.83. The molecule has 0 atom stereocenters. The lowest BCUT2D eigenvalue weighted by molar-refractivity contribution is 1.03. The third-order valence-electron chi connectivity index (χ3n) is 2.99. The molecule has 16 heavy (non-hydrogen) atoms. The molecule has 0 radical (unpaired) electrons. The number of hydrogen-bond donors (Lipinski definition) is 1. The zero-order valence-electron chi connectivity index (χ0n) is 9.23. The Kier molecular flexibility index (Phi) is 2.33. The summed E-state index contributed by atoms with van der Waals surface area (Å²) >= 11 is 1.78. The monoisotopic (exact) mass is 230 g/mol. The Morgan fingerprint density at radius 2 is 2.12 bits per heavy atom. The standard InChI is InChI=1S/C13H14N2S/c1-2-15-12-6-4-3-5-11(12)14-7-10-8-16-9-13(10)15/h3-6,8-9,14H,2,7H2,1H3. The minimum Gasteiger partial charge on any atom is -0.379 e. The predicted octanol–water partition coefficient (Wildman–Crippen LogP) is 3.83. The van der Waals surface area contributed by atoms with E-state index in [9.17, 15) is 0 Å². The first-order valence-electron chi connectivity index (χ1n) is 5.55. The molecule has 2 aromatic rings. The Bertz CT molecular complexity index is 504. The highest BCUT2D eigenvalue weighted by Gasteiger charge is 2.18. The van der Waals surface area contributed by atoms with Crippen LogP contribution in [0.15, 0.2) is 35.0 Å². The summed E-state index contributed by atoms with van der Waals surface area (Å²) in [4.78, 5) is 2.38. The summed E-state index contributed by atoms with van der Waals surface area (Å²) in [6.07, 6.45) is 0. The van der Waals surface area contributed by atoms with Gasteiger partial charge in [-0.1, -0.05) is 12.1 Å². The van der Waals surface area contributed by atoms with Gasteiger partial charge in [0.1, 0.15) is 0 Å². The van der Waals surface area contributed by atoms with Gasteiger partial charge in [-0.15, -0.1) is 11.3 Å². The summed E-state index contributed by atoms with van der Waals surface area (Å²) in [6.45, 7) is 4.12. The van der Waals surface area contributed by atoms with Crippen LogP contribution in [0, 0.1) is 0 Å². The fraction of sp³-hybridized carbons (Fsp3) is 0.231. The summed E-state index contributed by atoms with van der Waals surface area (Å²) in [6, 6.07) is 8.50. The molecule has 1 aromatic heterocycles. The van der Waals surface area contributed by atoms with Crippen molar-refractivity contribution in [3.8, 4) is 0 Å². The van der Waals surface area contributed by atoms with Gasteiger partial charge >= 0.3 is 0 Å². The fourth-order valence-corrected chi connectivity index (χ4v) is 3.05. The average molecular weight is 230 g/mol. The maximum Gasteiger partial charge on any atom is 0.0646 e. The molecule has 1 N–H and O–H groups in total. The van der Waals surface area contributed by atoms with E-state index in [0.717, 1.165) is 13.1 Å². The molecule has 0 saturated carbocycles. The van der Waals surface area contributed by atoms with Gasteiger partial charge in [0.25, 0.3) is 0 Å². The van der Waals surface area contributed by atoms with Crippen molar-refractivity contribution in [1.82, 2.24) is 0 Å². The SMILES string of the molecule is CCN1c2cscc2CNc2ccccc21. The highest BCUT2D eigenvalue weighted by atomic mass is 32.1. The molecular weight excluding hydrogens is 216 g/mol. The van der Waals surface area contributed by atoms with Crippen LogP contribution in [0.2, 0.25) is 0 Å². The Hall–Kier alpha value is -1.48.